The van der Waals surface area contributed by atoms with Gasteiger partial charge < -0.3 is 4.90 Å². The average Bonchev–Trinajstić information content (AvgIpc) is 2.90. The Kier molecular flexibility index (Phi) is 8.77. The zero-order chi connectivity index (χ0) is 29.1. The molecule has 1 fully saturated rings. The molecule has 12 heteroatoms. The maximum absolute atomic E-state index is 13.9. The number of carbonyl (C=O) groups excluding carboxylic acids is 1. The van der Waals surface area contributed by atoms with E-state index in [1.165, 1.54) is 11.0 Å². The summed E-state index contributed by atoms with van der Waals surface area (Å²) in [5.74, 6) is -3.17. The number of hydrogen-bond donors (Lipinski definition) is 0. The van der Waals surface area contributed by atoms with Gasteiger partial charge in [-0.1, -0.05) is 12.1 Å². The molecule has 2 aromatic carbocycles. The first-order valence-corrected chi connectivity index (χ1v) is 12.5. The van der Waals surface area contributed by atoms with E-state index in [-0.39, 0.29) is 25.6 Å². The largest absolute Gasteiger partial charge is 0.416 e. The van der Waals surface area contributed by atoms with E-state index in [4.69, 9.17) is 0 Å². The molecule has 0 radical (unpaired) electrons. The molecule has 0 aliphatic carbocycles. The van der Waals surface area contributed by atoms with Crippen molar-refractivity contribution in [1.82, 2.24) is 14.8 Å². The minimum Gasteiger partial charge on any atom is -0.333 e. The van der Waals surface area contributed by atoms with Crippen molar-refractivity contribution in [1.29, 1.82) is 0 Å². The third kappa shape index (κ3) is 7.35. The lowest BCUT2D eigenvalue weighted by Gasteiger charge is -2.42. The fourth-order valence-electron chi connectivity index (χ4n) is 4.80. The second-order valence-corrected chi connectivity index (χ2v) is 9.66. The summed E-state index contributed by atoms with van der Waals surface area (Å²) in [5.41, 5.74) is -2.56. The van der Waals surface area contributed by atoms with E-state index in [1.54, 1.807) is 12.4 Å². The van der Waals surface area contributed by atoms with Crippen molar-refractivity contribution in [3.63, 3.8) is 0 Å². The number of hydrogen-bond acceptors (Lipinski definition) is 3. The van der Waals surface area contributed by atoms with Gasteiger partial charge in [-0.15, -0.1) is 0 Å². The Morgan fingerprint density at radius 2 is 1.57 bits per heavy atom. The van der Waals surface area contributed by atoms with Crippen LogP contribution in [0.15, 0.2) is 60.9 Å². The summed E-state index contributed by atoms with van der Waals surface area (Å²) >= 11 is 0. The van der Waals surface area contributed by atoms with E-state index in [2.05, 4.69) is 4.98 Å². The molecule has 1 aromatic heterocycles. The highest BCUT2D eigenvalue weighted by molar-refractivity contribution is 5.95. The van der Waals surface area contributed by atoms with Gasteiger partial charge >= 0.3 is 12.4 Å². The zero-order valence-corrected chi connectivity index (χ0v) is 21.1. The topological polar surface area (TPSA) is 36.4 Å². The molecular weight excluding hydrogens is 546 g/mol. The molecule has 1 saturated heterocycles. The minimum absolute atomic E-state index is 0.0210. The van der Waals surface area contributed by atoms with Crippen molar-refractivity contribution in [3.8, 4) is 0 Å². The first-order valence-electron chi connectivity index (χ1n) is 12.5. The van der Waals surface area contributed by atoms with Crippen LogP contribution in [0.25, 0.3) is 0 Å². The van der Waals surface area contributed by atoms with Gasteiger partial charge in [-0.3, -0.25) is 14.7 Å². The van der Waals surface area contributed by atoms with E-state index < -0.39 is 52.6 Å². The van der Waals surface area contributed by atoms with Crippen molar-refractivity contribution in [2.75, 3.05) is 26.2 Å². The van der Waals surface area contributed by atoms with Crippen molar-refractivity contribution < 1.29 is 39.9 Å². The number of pyridine rings is 1. The number of aromatic nitrogens is 1. The quantitative estimate of drug-likeness (QED) is 0.308. The standard InChI is InChI=1S/C28H25F8N3O/c29-24-6-5-19(12-25(24)30)11-23-17-38(8-2-4-18-3-1-7-37-16-18)9-10-39(23)26(40)20-13-21(27(31,32)33)15-22(14-20)28(34,35)36/h1,3,5-7,12-16,23H,2,4,8-11,17H2/t23-/m1/s1. The van der Waals surface area contributed by atoms with Crippen LogP contribution in [0.3, 0.4) is 0 Å². The number of rotatable bonds is 7. The Labute approximate surface area is 225 Å². The van der Waals surface area contributed by atoms with Gasteiger partial charge in [0.25, 0.3) is 5.91 Å². The van der Waals surface area contributed by atoms with Crippen LogP contribution in [-0.4, -0.2) is 52.9 Å². The van der Waals surface area contributed by atoms with Crippen molar-refractivity contribution in [2.45, 2.75) is 37.7 Å². The molecule has 1 aliphatic heterocycles. The molecular formula is C28H25F8N3O. The van der Waals surface area contributed by atoms with Crippen LogP contribution in [0, 0.1) is 11.6 Å². The van der Waals surface area contributed by atoms with Gasteiger partial charge in [-0.2, -0.15) is 26.3 Å². The number of piperazine rings is 1. The predicted molar refractivity (Wildman–Crippen MR) is 130 cm³/mol. The Morgan fingerprint density at radius 3 is 2.17 bits per heavy atom. The van der Waals surface area contributed by atoms with Crippen molar-refractivity contribution in [3.05, 3.63) is 100 Å². The predicted octanol–water partition coefficient (Wildman–Crippen LogP) is 6.40. The Balaban J connectivity index is 1.59. The number of nitrogens with zero attached hydrogens (tertiary/aromatic N) is 3. The zero-order valence-electron chi connectivity index (χ0n) is 21.1. The van der Waals surface area contributed by atoms with E-state index >= 15 is 0 Å². The van der Waals surface area contributed by atoms with E-state index in [9.17, 15) is 39.9 Å². The van der Waals surface area contributed by atoms with Gasteiger partial charge in [0.15, 0.2) is 11.6 Å². The first kappa shape index (κ1) is 29.4. The van der Waals surface area contributed by atoms with Crippen LogP contribution in [0.2, 0.25) is 0 Å². The normalized spacial score (nSPS) is 16.8. The molecule has 1 aliphatic rings. The van der Waals surface area contributed by atoms with Gasteiger partial charge in [-0.25, -0.2) is 8.78 Å². The van der Waals surface area contributed by atoms with E-state index in [0.717, 1.165) is 30.5 Å². The fraction of sp³-hybridized carbons (Fsp3) is 0.357. The molecule has 3 aromatic rings. The van der Waals surface area contributed by atoms with Gasteiger partial charge in [0.2, 0.25) is 0 Å². The molecule has 0 saturated carbocycles. The van der Waals surface area contributed by atoms with Crippen LogP contribution in [0.4, 0.5) is 35.1 Å². The average molecular weight is 572 g/mol. The molecule has 0 N–H and O–H groups in total. The lowest BCUT2D eigenvalue weighted by Crippen LogP contribution is -2.56. The third-order valence-electron chi connectivity index (χ3n) is 6.78. The number of benzene rings is 2. The maximum atomic E-state index is 13.9. The summed E-state index contributed by atoms with van der Waals surface area (Å²) in [6, 6.07) is 7.03. The summed E-state index contributed by atoms with van der Waals surface area (Å²) in [6.07, 6.45) is -5.32. The molecule has 1 atom stereocenters. The molecule has 4 nitrogen and oxygen atoms in total. The molecule has 40 heavy (non-hydrogen) atoms. The summed E-state index contributed by atoms with van der Waals surface area (Å²) in [5, 5.41) is 0. The monoisotopic (exact) mass is 571 g/mol. The number of amides is 1. The van der Waals surface area contributed by atoms with E-state index in [0.29, 0.717) is 30.8 Å². The Bertz CT molecular complexity index is 1300. The molecule has 214 valence electrons. The second kappa shape index (κ2) is 11.9. The number of alkyl halides is 6. The highest BCUT2D eigenvalue weighted by Crippen LogP contribution is 2.37. The second-order valence-electron chi connectivity index (χ2n) is 9.66. The number of carbonyl (C=O) groups is 1. The van der Waals surface area contributed by atoms with Crippen LogP contribution in [0.1, 0.15) is 39.0 Å². The lowest BCUT2D eigenvalue weighted by molar-refractivity contribution is -0.143. The highest BCUT2D eigenvalue weighted by Gasteiger charge is 2.39. The van der Waals surface area contributed by atoms with Crippen LogP contribution >= 0.6 is 0 Å². The van der Waals surface area contributed by atoms with Crippen LogP contribution in [-0.2, 0) is 25.2 Å². The summed E-state index contributed by atoms with van der Waals surface area (Å²) in [4.78, 5) is 20.7. The maximum Gasteiger partial charge on any atom is 0.416 e. The Morgan fingerprint density at radius 1 is 0.875 bits per heavy atom. The molecule has 0 unspecified atom stereocenters. The van der Waals surface area contributed by atoms with Crippen LogP contribution < -0.4 is 0 Å². The van der Waals surface area contributed by atoms with Crippen molar-refractivity contribution >= 4 is 5.91 Å². The number of aryl methyl sites for hydroxylation is 1. The van der Waals surface area contributed by atoms with E-state index in [1.807, 2.05) is 17.0 Å². The first-order chi connectivity index (χ1) is 18.8. The van der Waals surface area contributed by atoms with Gasteiger partial charge in [0, 0.05) is 43.6 Å². The minimum atomic E-state index is -5.10. The molecule has 0 spiro atoms. The smallest absolute Gasteiger partial charge is 0.333 e. The molecule has 1 amide bonds. The number of halogens is 8. The van der Waals surface area contributed by atoms with Gasteiger partial charge in [0.05, 0.1) is 11.1 Å². The van der Waals surface area contributed by atoms with Crippen molar-refractivity contribution in [2.24, 2.45) is 0 Å². The fourth-order valence-corrected chi connectivity index (χ4v) is 4.80. The molecule has 4 rings (SSSR count). The highest BCUT2D eigenvalue weighted by atomic mass is 19.4. The third-order valence-corrected chi connectivity index (χ3v) is 6.78. The summed E-state index contributed by atoms with van der Waals surface area (Å²) < 4.78 is 108. The summed E-state index contributed by atoms with van der Waals surface area (Å²) in [6.45, 7) is 1.20. The SMILES string of the molecule is O=C(c1cc(C(F)(F)F)cc(C(F)(F)F)c1)N1CCN(CCCc2cccnc2)C[C@H]1Cc1ccc(F)c(F)c1. The lowest BCUT2D eigenvalue weighted by atomic mass is 9.98. The van der Waals surface area contributed by atoms with Crippen LogP contribution in [0.5, 0.6) is 0 Å². The van der Waals surface area contributed by atoms with Gasteiger partial charge in [-0.05, 0) is 73.3 Å². The molecule has 0 bridgehead atoms. The molecule has 2 heterocycles. The van der Waals surface area contributed by atoms with Gasteiger partial charge in [0.1, 0.15) is 0 Å². The Hall–Kier alpha value is -3.54. The summed E-state index contributed by atoms with van der Waals surface area (Å²) in [7, 11) is 0.